The van der Waals surface area contributed by atoms with Crippen molar-refractivity contribution in [3.63, 3.8) is 0 Å². The lowest BCUT2D eigenvalue weighted by atomic mass is 10.0. The second kappa shape index (κ2) is 7.67. The second-order valence-electron chi connectivity index (χ2n) is 5.00. The zero-order valence-electron chi connectivity index (χ0n) is 11.2. The summed E-state index contributed by atoms with van der Waals surface area (Å²) in [6, 6.07) is 0. The highest BCUT2D eigenvalue weighted by Crippen LogP contribution is 2.17. The molecule has 0 aromatic heterocycles. The Morgan fingerprint density at radius 2 is 2.26 bits per heavy atom. The van der Waals surface area contributed by atoms with Gasteiger partial charge in [0.05, 0.1) is 12.5 Å². The normalized spacial score (nSPS) is 22.9. The fraction of sp³-hybridized carbons (Fsp3) is 0.833. The van der Waals surface area contributed by atoms with Gasteiger partial charge in [-0.1, -0.05) is 0 Å². The van der Waals surface area contributed by atoms with Crippen LogP contribution in [0.1, 0.15) is 6.42 Å². The van der Waals surface area contributed by atoms with Gasteiger partial charge in [-0.25, -0.2) is 0 Å². The van der Waals surface area contributed by atoms with Crippen LogP contribution >= 0.6 is 12.4 Å². The largest absolute Gasteiger partial charge is 0.383 e. The standard InChI is InChI=1S/C12H21N3O3.ClH/c1-18-3-2-15-8-10(4-11(15)16)12(17)14-7-9-5-13-6-9;/h9-10,13H,2-8H2,1H3,(H,14,17);1H. The first-order valence-electron chi connectivity index (χ1n) is 6.46. The number of amides is 2. The van der Waals surface area contributed by atoms with E-state index in [1.165, 1.54) is 0 Å². The van der Waals surface area contributed by atoms with E-state index in [1.807, 2.05) is 0 Å². The number of carbonyl (C=O) groups is 2. The van der Waals surface area contributed by atoms with Crippen LogP contribution in [0.5, 0.6) is 0 Å². The molecule has 2 aliphatic rings. The molecule has 0 spiro atoms. The number of likely N-dealkylation sites (tertiary alicyclic amines) is 1. The lowest BCUT2D eigenvalue weighted by molar-refractivity contribution is -0.129. The van der Waals surface area contributed by atoms with E-state index in [1.54, 1.807) is 12.0 Å². The highest BCUT2D eigenvalue weighted by atomic mass is 35.5. The molecule has 0 radical (unpaired) electrons. The molecule has 2 saturated heterocycles. The number of carbonyl (C=O) groups excluding carboxylic acids is 2. The molecule has 1 unspecified atom stereocenters. The maximum absolute atomic E-state index is 11.9. The van der Waals surface area contributed by atoms with Crippen LogP contribution in [-0.4, -0.2) is 63.2 Å². The van der Waals surface area contributed by atoms with Crippen LogP contribution in [-0.2, 0) is 14.3 Å². The Labute approximate surface area is 119 Å². The molecule has 0 aromatic rings. The molecule has 0 aliphatic carbocycles. The van der Waals surface area contributed by atoms with Crippen molar-refractivity contribution >= 4 is 24.2 Å². The number of nitrogens with zero attached hydrogens (tertiary/aromatic N) is 1. The minimum atomic E-state index is -0.192. The van der Waals surface area contributed by atoms with Crippen molar-refractivity contribution in [3.05, 3.63) is 0 Å². The molecule has 2 N–H and O–H groups in total. The molecule has 2 aliphatic heterocycles. The third kappa shape index (κ3) is 4.33. The Morgan fingerprint density at radius 3 is 2.84 bits per heavy atom. The van der Waals surface area contributed by atoms with Crippen LogP contribution in [0.25, 0.3) is 0 Å². The molecule has 2 heterocycles. The summed E-state index contributed by atoms with van der Waals surface area (Å²) in [7, 11) is 1.61. The molecule has 7 heteroatoms. The van der Waals surface area contributed by atoms with Gasteiger partial charge in [-0.05, 0) is 0 Å². The highest BCUT2D eigenvalue weighted by Gasteiger charge is 2.34. The number of halogens is 1. The first-order chi connectivity index (χ1) is 8.70. The molecule has 1 atom stereocenters. The summed E-state index contributed by atoms with van der Waals surface area (Å²) in [5.74, 6) is 0.422. The average molecular weight is 292 g/mol. The van der Waals surface area contributed by atoms with Crippen molar-refractivity contribution in [2.24, 2.45) is 11.8 Å². The third-order valence-electron chi connectivity index (χ3n) is 3.58. The van der Waals surface area contributed by atoms with Gasteiger partial charge in [-0.2, -0.15) is 0 Å². The van der Waals surface area contributed by atoms with Crippen LogP contribution in [0.4, 0.5) is 0 Å². The van der Waals surface area contributed by atoms with Crippen molar-refractivity contribution in [1.82, 2.24) is 15.5 Å². The van der Waals surface area contributed by atoms with Gasteiger partial charge in [0.15, 0.2) is 0 Å². The molecule has 2 amide bonds. The molecule has 19 heavy (non-hydrogen) atoms. The van der Waals surface area contributed by atoms with Gasteiger partial charge >= 0.3 is 0 Å². The van der Waals surface area contributed by atoms with Gasteiger partial charge in [0.1, 0.15) is 0 Å². The fourth-order valence-corrected chi connectivity index (χ4v) is 2.25. The van der Waals surface area contributed by atoms with Gasteiger partial charge < -0.3 is 20.3 Å². The smallest absolute Gasteiger partial charge is 0.225 e. The number of methoxy groups -OCH3 is 1. The summed E-state index contributed by atoms with van der Waals surface area (Å²) >= 11 is 0. The minimum absolute atomic E-state index is 0. The van der Waals surface area contributed by atoms with Crippen molar-refractivity contribution in [2.45, 2.75) is 6.42 Å². The summed E-state index contributed by atoms with van der Waals surface area (Å²) in [5, 5.41) is 6.10. The van der Waals surface area contributed by atoms with Gasteiger partial charge in [0, 0.05) is 52.2 Å². The molecule has 2 fully saturated rings. The van der Waals surface area contributed by atoms with E-state index in [9.17, 15) is 9.59 Å². The Bertz CT molecular complexity index is 323. The summed E-state index contributed by atoms with van der Waals surface area (Å²) in [5.41, 5.74) is 0. The number of rotatable bonds is 6. The third-order valence-corrected chi connectivity index (χ3v) is 3.58. The summed E-state index contributed by atoms with van der Waals surface area (Å²) < 4.78 is 4.95. The average Bonchev–Trinajstić information content (AvgIpc) is 2.66. The van der Waals surface area contributed by atoms with Crippen LogP contribution in [0.3, 0.4) is 0 Å². The van der Waals surface area contributed by atoms with Crippen LogP contribution < -0.4 is 10.6 Å². The predicted molar refractivity (Wildman–Crippen MR) is 73.2 cm³/mol. The summed E-state index contributed by atoms with van der Waals surface area (Å²) in [6.45, 7) is 4.29. The minimum Gasteiger partial charge on any atom is -0.383 e. The SMILES string of the molecule is COCCN1CC(C(=O)NCC2CNC2)CC1=O.Cl. The summed E-state index contributed by atoms with van der Waals surface area (Å²) in [4.78, 5) is 25.3. The van der Waals surface area contributed by atoms with Crippen molar-refractivity contribution in [1.29, 1.82) is 0 Å². The number of hydrogen-bond acceptors (Lipinski definition) is 4. The van der Waals surface area contributed by atoms with Crippen LogP contribution in [0.15, 0.2) is 0 Å². The Morgan fingerprint density at radius 1 is 1.53 bits per heavy atom. The lowest BCUT2D eigenvalue weighted by Crippen LogP contribution is -2.49. The van der Waals surface area contributed by atoms with Gasteiger partial charge in [-0.15, -0.1) is 12.4 Å². The maximum atomic E-state index is 11.9. The molecule has 6 nitrogen and oxygen atoms in total. The molecular formula is C12H22ClN3O3. The van der Waals surface area contributed by atoms with Gasteiger partial charge in [-0.3, -0.25) is 9.59 Å². The molecule has 0 saturated carbocycles. The van der Waals surface area contributed by atoms with Crippen molar-refractivity contribution in [2.75, 3.05) is 46.4 Å². The van der Waals surface area contributed by atoms with E-state index in [0.29, 0.717) is 38.6 Å². The molecular weight excluding hydrogens is 270 g/mol. The van der Waals surface area contributed by atoms with Gasteiger partial charge in [0.2, 0.25) is 11.8 Å². The lowest BCUT2D eigenvalue weighted by Gasteiger charge is -2.27. The summed E-state index contributed by atoms with van der Waals surface area (Å²) in [6.07, 6.45) is 0.332. The maximum Gasteiger partial charge on any atom is 0.225 e. The van der Waals surface area contributed by atoms with Crippen molar-refractivity contribution in [3.8, 4) is 0 Å². The molecule has 2 rings (SSSR count). The van der Waals surface area contributed by atoms with E-state index < -0.39 is 0 Å². The van der Waals surface area contributed by atoms with Crippen molar-refractivity contribution < 1.29 is 14.3 Å². The van der Waals surface area contributed by atoms with Crippen LogP contribution in [0.2, 0.25) is 0 Å². The molecule has 110 valence electrons. The molecule has 0 bridgehead atoms. The van der Waals surface area contributed by atoms with E-state index >= 15 is 0 Å². The monoisotopic (exact) mass is 291 g/mol. The van der Waals surface area contributed by atoms with E-state index in [0.717, 1.165) is 13.1 Å². The number of ether oxygens (including phenoxy) is 1. The Kier molecular flexibility index (Phi) is 6.54. The predicted octanol–water partition coefficient (Wildman–Crippen LogP) is -0.761. The fourth-order valence-electron chi connectivity index (χ4n) is 2.25. The Hall–Kier alpha value is -0.850. The molecule has 0 aromatic carbocycles. The second-order valence-corrected chi connectivity index (χ2v) is 5.00. The first kappa shape index (κ1) is 16.2. The van der Waals surface area contributed by atoms with Gasteiger partial charge in [0.25, 0.3) is 0 Å². The first-order valence-corrected chi connectivity index (χ1v) is 6.46. The quantitative estimate of drug-likeness (QED) is 0.675. The van der Waals surface area contributed by atoms with E-state index in [2.05, 4.69) is 10.6 Å². The van der Waals surface area contributed by atoms with E-state index in [4.69, 9.17) is 4.74 Å². The zero-order chi connectivity index (χ0) is 13.0. The number of hydrogen-bond donors (Lipinski definition) is 2. The Balaban J connectivity index is 0.00000180. The van der Waals surface area contributed by atoms with Crippen LogP contribution in [0, 0.1) is 11.8 Å². The highest BCUT2D eigenvalue weighted by molar-refractivity contribution is 5.89. The van der Waals surface area contributed by atoms with E-state index in [-0.39, 0.29) is 30.1 Å². The topological polar surface area (TPSA) is 70.7 Å². The zero-order valence-corrected chi connectivity index (χ0v) is 12.0. The number of nitrogens with one attached hydrogen (secondary N) is 2.